The summed E-state index contributed by atoms with van der Waals surface area (Å²) < 4.78 is 5.43. The van der Waals surface area contributed by atoms with E-state index in [1.54, 1.807) is 18.2 Å². The molecule has 0 radical (unpaired) electrons. The topological polar surface area (TPSA) is 76.4 Å². The number of hydrogen-bond acceptors (Lipinski definition) is 5. The highest BCUT2D eigenvalue weighted by atomic mass is 16.6. The minimum Gasteiger partial charge on any atom is -0.490 e. The second-order valence-electron chi connectivity index (χ2n) is 5.15. The molecule has 2 N–H and O–H groups in total. The highest BCUT2D eigenvalue weighted by molar-refractivity contribution is 5.48. The van der Waals surface area contributed by atoms with Crippen molar-refractivity contribution in [3.63, 3.8) is 0 Å². The van der Waals surface area contributed by atoms with Gasteiger partial charge in [-0.25, -0.2) is 0 Å². The van der Waals surface area contributed by atoms with E-state index in [0.29, 0.717) is 6.61 Å². The van der Waals surface area contributed by atoms with E-state index in [-0.39, 0.29) is 5.69 Å². The summed E-state index contributed by atoms with van der Waals surface area (Å²) in [6.45, 7) is 6.41. The van der Waals surface area contributed by atoms with Gasteiger partial charge in [0.1, 0.15) is 12.4 Å². The molecule has 126 valence electrons. The Morgan fingerprint density at radius 2 is 1.79 bits per heavy atom. The Morgan fingerprint density at radius 3 is 2.42 bits per heavy atom. The van der Waals surface area contributed by atoms with Crippen LogP contribution in [-0.2, 0) is 6.54 Å². The van der Waals surface area contributed by atoms with Crippen molar-refractivity contribution in [1.29, 1.82) is 0 Å². The molecule has 0 bridgehead atoms. The fraction of sp³-hybridized carbons (Fsp3) is 0.222. The third-order valence-corrected chi connectivity index (χ3v) is 3.33. The maximum Gasteiger partial charge on any atom is 0.269 e. The molecular weight excluding hydrogens is 306 g/mol. The van der Waals surface area contributed by atoms with Gasteiger partial charge in [0.15, 0.2) is 0 Å². The molecular formula is C18H21N3O3. The summed E-state index contributed by atoms with van der Waals surface area (Å²) in [5, 5.41) is 17.1. The first-order valence-electron chi connectivity index (χ1n) is 7.70. The normalized spacial score (nSPS) is 10.2. The van der Waals surface area contributed by atoms with E-state index in [2.05, 4.69) is 17.2 Å². The van der Waals surface area contributed by atoms with Crippen LogP contribution >= 0.6 is 0 Å². The Hall–Kier alpha value is -2.86. The van der Waals surface area contributed by atoms with E-state index in [1.807, 2.05) is 24.3 Å². The Kier molecular flexibility index (Phi) is 6.79. The van der Waals surface area contributed by atoms with Gasteiger partial charge in [-0.1, -0.05) is 24.8 Å². The first-order chi connectivity index (χ1) is 11.7. The molecule has 0 heterocycles. The first kappa shape index (κ1) is 17.5. The van der Waals surface area contributed by atoms with Gasteiger partial charge in [-0.2, -0.15) is 0 Å². The molecule has 0 spiro atoms. The molecule has 0 saturated carbocycles. The van der Waals surface area contributed by atoms with Crippen molar-refractivity contribution in [2.45, 2.75) is 6.54 Å². The molecule has 0 fully saturated rings. The number of nitro groups is 1. The number of non-ortho nitro benzene ring substituents is 1. The lowest BCUT2D eigenvalue weighted by molar-refractivity contribution is -0.384. The lowest BCUT2D eigenvalue weighted by Gasteiger charge is -2.08. The lowest BCUT2D eigenvalue weighted by Crippen LogP contribution is -2.21. The second-order valence-corrected chi connectivity index (χ2v) is 5.15. The summed E-state index contributed by atoms with van der Waals surface area (Å²) in [6.07, 6.45) is 1.72. The van der Waals surface area contributed by atoms with Crippen molar-refractivity contribution in [2.24, 2.45) is 0 Å². The van der Waals surface area contributed by atoms with Crippen molar-refractivity contribution in [3.05, 3.63) is 76.9 Å². The van der Waals surface area contributed by atoms with Crippen LogP contribution in [0, 0.1) is 10.1 Å². The average molecular weight is 327 g/mol. The fourth-order valence-corrected chi connectivity index (χ4v) is 2.09. The molecule has 0 aliphatic heterocycles. The van der Waals surface area contributed by atoms with Crippen LogP contribution in [0.4, 0.5) is 11.4 Å². The second kappa shape index (κ2) is 9.32. The predicted octanol–water partition coefficient (Wildman–Crippen LogP) is 3.36. The Bertz CT molecular complexity index is 654. The minimum atomic E-state index is -0.404. The fourth-order valence-electron chi connectivity index (χ4n) is 2.09. The zero-order valence-electron chi connectivity index (χ0n) is 13.4. The van der Waals surface area contributed by atoms with Gasteiger partial charge in [-0.05, 0) is 29.8 Å². The molecule has 0 saturated heterocycles. The van der Waals surface area contributed by atoms with E-state index >= 15 is 0 Å². The molecule has 2 rings (SSSR count). The van der Waals surface area contributed by atoms with Crippen molar-refractivity contribution in [2.75, 3.05) is 25.0 Å². The Labute approximate surface area is 141 Å². The SMILES string of the molecule is C=CCOc1ccc(CNCCNc2ccc([N+](=O)[O-])cc2)cc1. The zero-order valence-corrected chi connectivity index (χ0v) is 13.4. The molecule has 6 heteroatoms. The maximum absolute atomic E-state index is 10.6. The van der Waals surface area contributed by atoms with Crippen molar-refractivity contribution < 1.29 is 9.66 Å². The van der Waals surface area contributed by atoms with Gasteiger partial charge in [0.25, 0.3) is 5.69 Å². The van der Waals surface area contributed by atoms with E-state index in [4.69, 9.17) is 4.74 Å². The molecule has 0 aliphatic rings. The molecule has 24 heavy (non-hydrogen) atoms. The molecule has 6 nitrogen and oxygen atoms in total. The Balaban J connectivity index is 1.65. The molecule has 0 aromatic heterocycles. The summed E-state index contributed by atoms with van der Waals surface area (Å²) >= 11 is 0. The van der Waals surface area contributed by atoms with Crippen LogP contribution in [0.25, 0.3) is 0 Å². The van der Waals surface area contributed by atoms with Crippen LogP contribution in [0.3, 0.4) is 0 Å². The van der Waals surface area contributed by atoms with Crippen molar-refractivity contribution in [3.8, 4) is 5.75 Å². The summed E-state index contributed by atoms with van der Waals surface area (Å²) in [6, 6.07) is 14.3. The summed E-state index contributed by atoms with van der Waals surface area (Å²) in [7, 11) is 0. The number of nitrogens with zero attached hydrogens (tertiary/aromatic N) is 1. The van der Waals surface area contributed by atoms with Gasteiger partial charge in [0.2, 0.25) is 0 Å². The zero-order chi connectivity index (χ0) is 17.2. The minimum absolute atomic E-state index is 0.0965. The van der Waals surface area contributed by atoms with Crippen molar-refractivity contribution in [1.82, 2.24) is 5.32 Å². The molecule has 2 aromatic rings. The predicted molar refractivity (Wildman–Crippen MR) is 95.4 cm³/mol. The van der Waals surface area contributed by atoms with Crippen LogP contribution in [-0.4, -0.2) is 24.6 Å². The number of benzene rings is 2. The standard InChI is InChI=1S/C18H21N3O3/c1-2-13-24-18-9-3-15(4-10-18)14-19-11-12-20-16-5-7-17(8-6-16)21(22)23/h2-10,19-20H,1,11-14H2. The number of ether oxygens (including phenoxy) is 1. The van der Waals surface area contributed by atoms with Gasteiger partial charge in [-0.15, -0.1) is 0 Å². The monoisotopic (exact) mass is 327 g/mol. The highest BCUT2D eigenvalue weighted by Crippen LogP contribution is 2.15. The summed E-state index contributed by atoms with van der Waals surface area (Å²) in [5.74, 6) is 0.832. The van der Waals surface area contributed by atoms with E-state index < -0.39 is 4.92 Å². The summed E-state index contributed by atoms with van der Waals surface area (Å²) in [4.78, 5) is 10.2. The number of nitro benzene ring substituents is 1. The van der Waals surface area contributed by atoms with Crippen LogP contribution in [0.2, 0.25) is 0 Å². The quantitative estimate of drug-likeness (QED) is 0.303. The summed E-state index contributed by atoms with van der Waals surface area (Å²) in [5.41, 5.74) is 2.14. The van der Waals surface area contributed by atoms with Crippen molar-refractivity contribution >= 4 is 11.4 Å². The average Bonchev–Trinajstić information content (AvgIpc) is 2.61. The number of anilines is 1. The van der Waals surface area contributed by atoms with Gasteiger partial charge in [0.05, 0.1) is 4.92 Å². The van der Waals surface area contributed by atoms with Gasteiger partial charge >= 0.3 is 0 Å². The van der Waals surface area contributed by atoms with Crippen LogP contribution in [0.1, 0.15) is 5.56 Å². The smallest absolute Gasteiger partial charge is 0.269 e. The third-order valence-electron chi connectivity index (χ3n) is 3.33. The molecule has 0 unspecified atom stereocenters. The molecule has 0 amide bonds. The lowest BCUT2D eigenvalue weighted by atomic mass is 10.2. The van der Waals surface area contributed by atoms with E-state index in [1.165, 1.54) is 17.7 Å². The van der Waals surface area contributed by atoms with Gasteiger partial charge in [0, 0.05) is 37.5 Å². The number of nitrogens with one attached hydrogen (secondary N) is 2. The van der Waals surface area contributed by atoms with E-state index in [0.717, 1.165) is 31.1 Å². The van der Waals surface area contributed by atoms with Crippen LogP contribution < -0.4 is 15.4 Å². The maximum atomic E-state index is 10.6. The van der Waals surface area contributed by atoms with Crippen LogP contribution in [0.5, 0.6) is 5.75 Å². The largest absolute Gasteiger partial charge is 0.490 e. The van der Waals surface area contributed by atoms with E-state index in [9.17, 15) is 10.1 Å². The third kappa shape index (κ3) is 5.73. The highest BCUT2D eigenvalue weighted by Gasteiger charge is 2.03. The van der Waals surface area contributed by atoms with Gasteiger partial charge < -0.3 is 15.4 Å². The molecule has 0 atom stereocenters. The van der Waals surface area contributed by atoms with Gasteiger partial charge in [-0.3, -0.25) is 10.1 Å². The first-order valence-corrected chi connectivity index (χ1v) is 7.70. The molecule has 2 aromatic carbocycles. The number of hydrogen-bond donors (Lipinski definition) is 2. The van der Waals surface area contributed by atoms with Crippen LogP contribution in [0.15, 0.2) is 61.2 Å². The Morgan fingerprint density at radius 1 is 1.08 bits per heavy atom. The number of rotatable bonds is 10. The molecule has 0 aliphatic carbocycles.